The smallest absolute Gasteiger partial charge is 0.510 e. The minimum Gasteiger partial charge on any atom is -0.510 e. The third kappa shape index (κ3) is 5.36. The number of pyridine rings is 1. The molecule has 2 aliphatic heterocycles. The number of aromatic nitrogens is 1. The van der Waals surface area contributed by atoms with E-state index in [2.05, 4.69) is 11.1 Å². The summed E-state index contributed by atoms with van der Waals surface area (Å²) >= 11 is 0. The van der Waals surface area contributed by atoms with E-state index in [1.54, 1.807) is 12.4 Å². The molecule has 0 saturated carbocycles. The van der Waals surface area contributed by atoms with E-state index in [0.29, 0.717) is 0 Å². The zero-order valence-corrected chi connectivity index (χ0v) is 16.4. The van der Waals surface area contributed by atoms with Gasteiger partial charge in [-0.3, -0.25) is 4.98 Å². The van der Waals surface area contributed by atoms with Crippen LogP contribution in [0.4, 0.5) is 11.4 Å². The largest absolute Gasteiger partial charge is 4.00 e. The second kappa shape index (κ2) is 9.28. The van der Waals surface area contributed by atoms with Gasteiger partial charge in [-0.2, -0.15) is 19.4 Å². The number of anilines is 2. The van der Waals surface area contributed by atoms with Crippen molar-refractivity contribution in [3.63, 3.8) is 0 Å². The molecule has 0 aliphatic carbocycles. The Labute approximate surface area is 164 Å². The minimum absolute atomic E-state index is 0. The third-order valence-electron chi connectivity index (χ3n) is 3.43. The van der Waals surface area contributed by atoms with E-state index >= 15 is 0 Å². The van der Waals surface area contributed by atoms with Crippen LogP contribution < -0.4 is 9.80 Å². The van der Waals surface area contributed by atoms with E-state index in [1.807, 2.05) is 108 Å². The number of rotatable bonds is 2. The van der Waals surface area contributed by atoms with Crippen molar-refractivity contribution >= 4 is 11.4 Å². The predicted molar refractivity (Wildman–Crippen MR) is 96.9 cm³/mol. The molecule has 5 nitrogen and oxygen atoms in total. The Bertz CT molecular complexity index is 636. The van der Waals surface area contributed by atoms with Gasteiger partial charge in [-0.25, -0.2) is 0 Å². The van der Waals surface area contributed by atoms with Crippen LogP contribution in [0.1, 0.15) is 0 Å². The van der Waals surface area contributed by atoms with Gasteiger partial charge in [-0.05, 0) is 51.0 Å². The fourth-order valence-electron chi connectivity index (χ4n) is 2.24. The SMILES string of the molecule is CN1C=CN(c2[c-]c(N3C=CN(C)[CH-]3)ccc2)[CH-]1.[Pt+4].c1ccncc1. The van der Waals surface area contributed by atoms with Crippen LogP contribution in [-0.4, -0.2) is 28.9 Å². The van der Waals surface area contributed by atoms with Crippen LogP contribution in [0.15, 0.2) is 73.6 Å². The Balaban J connectivity index is 0.000000275. The summed E-state index contributed by atoms with van der Waals surface area (Å²) in [6.45, 7) is 4.04. The van der Waals surface area contributed by atoms with Crippen LogP contribution in [0.3, 0.4) is 0 Å². The van der Waals surface area contributed by atoms with Gasteiger partial charge < -0.3 is 19.6 Å². The zero-order valence-electron chi connectivity index (χ0n) is 14.1. The van der Waals surface area contributed by atoms with Gasteiger partial charge in [-0.1, -0.05) is 6.07 Å². The van der Waals surface area contributed by atoms with Crippen LogP contribution in [0.25, 0.3) is 0 Å². The average molecular weight is 513 g/mol. The molecule has 0 saturated heterocycles. The van der Waals surface area contributed by atoms with Gasteiger partial charge in [0.25, 0.3) is 0 Å². The summed E-state index contributed by atoms with van der Waals surface area (Å²) in [5.41, 5.74) is 2.06. The molecule has 3 heterocycles. The molecule has 0 fully saturated rings. The maximum Gasteiger partial charge on any atom is 4.00 e. The summed E-state index contributed by atoms with van der Waals surface area (Å²) in [7, 11) is 4.01. The summed E-state index contributed by atoms with van der Waals surface area (Å²) in [5, 5.41) is 0. The molecule has 0 unspecified atom stereocenters. The fourth-order valence-corrected chi connectivity index (χ4v) is 2.24. The maximum atomic E-state index is 3.78. The number of hydrogen-bond acceptors (Lipinski definition) is 5. The standard InChI is InChI=1S/C14H15N4.C5H5N.Pt/c1-15-6-8-17(11-15)13-4-3-5-14(10-13)18-9-7-16(2)12-18;1-2-4-6-5-3-1;/h3-9,11-12H,1-2H3;1-5H;/q-3;;+4. The average Bonchev–Trinajstić information content (AvgIpc) is 3.26. The maximum absolute atomic E-state index is 3.78. The molecule has 6 heteroatoms. The van der Waals surface area contributed by atoms with Crippen molar-refractivity contribution < 1.29 is 21.1 Å². The molecule has 0 bridgehead atoms. The Morgan fingerprint density at radius 3 is 1.60 bits per heavy atom. The zero-order chi connectivity index (χ0) is 16.8. The van der Waals surface area contributed by atoms with E-state index in [9.17, 15) is 0 Å². The molecule has 0 amide bonds. The molecule has 2 aliphatic rings. The van der Waals surface area contributed by atoms with Crippen molar-refractivity contribution in [2.45, 2.75) is 0 Å². The van der Waals surface area contributed by atoms with Crippen molar-refractivity contribution in [2.24, 2.45) is 0 Å². The van der Waals surface area contributed by atoms with Gasteiger partial charge in [0.2, 0.25) is 0 Å². The van der Waals surface area contributed by atoms with E-state index < -0.39 is 0 Å². The van der Waals surface area contributed by atoms with Gasteiger partial charge in [0.15, 0.2) is 0 Å². The van der Waals surface area contributed by atoms with E-state index in [-0.39, 0.29) is 21.1 Å². The molecule has 0 N–H and O–H groups in total. The van der Waals surface area contributed by atoms with E-state index in [1.165, 1.54) is 0 Å². The van der Waals surface area contributed by atoms with Crippen molar-refractivity contribution in [2.75, 3.05) is 23.9 Å². The van der Waals surface area contributed by atoms with Crippen molar-refractivity contribution in [1.29, 1.82) is 0 Å². The number of hydrogen-bond donors (Lipinski definition) is 0. The number of nitrogens with zero attached hydrogens (tertiary/aromatic N) is 5. The van der Waals surface area contributed by atoms with Gasteiger partial charge in [0.05, 0.1) is 0 Å². The second-order valence-corrected chi connectivity index (χ2v) is 5.42. The Kier molecular flexibility index (Phi) is 7.08. The Hall–Kier alpha value is -2.26. The molecule has 0 atom stereocenters. The molecule has 1 aromatic carbocycles. The summed E-state index contributed by atoms with van der Waals surface area (Å²) in [5.74, 6) is 0. The van der Waals surface area contributed by atoms with Gasteiger partial charge in [0, 0.05) is 12.4 Å². The van der Waals surface area contributed by atoms with Crippen LogP contribution in [0.2, 0.25) is 0 Å². The number of benzene rings is 1. The van der Waals surface area contributed by atoms with Gasteiger partial charge in [0.1, 0.15) is 0 Å². The first-order valence-corrected chi connectivity index (χ1v) is 7.67. The van der Waals surface area contributed by atoms with Crippen LogP contribution in [-0.2, 0) is 21.1 Å². The summed E-state index contributed by atoms with van der Waals surface area (Å²) in [6.07, 6.45) is 11.6. The molecule has 130 valence electrons. The fraction of sp³-hybridized carbons (Fsp3) is 0.105. The molecule has 0 spiro atoms. The minimum atomic E-state index is 0. The summed E-state index contributed by atoms with van der Waals surface area (Å²) < 4.78 is 0. The first-order valence-electron chi connectivity index (χ1n) is 7.67. The molecule has 0 radical (unpaired) electrons. The normalized spacial score (nSPS) is 15.1. The quantitative estimate of drug-likeness (QED) is 0.575. The monoisotopic (exact) mass is 513 g/mol. The summed E-state index contributed by atoms with van der Waals surface area (Å²) in [6, 6.07) is 15.3. The molecular weight excluding hydrogens is 493 g/mol. The van der Waals surface area contributed by atoms with Crippen molar-refractivity contribution in [3.05, 3.63) is 93.0 Å². The van der Waals surface area contributed by atoms with Crippen LogP contribution in [0, 0.1) is 19.4 Å². The molecule has 1 aromatic heterocycles. The van der Waals surface area contributed by atoms with E-state index in [4.69, 9.17) is 0 Å². The molecule has 4 rings (SSSR count). The van der Waals surface area contributed by atoms with Crippen molar-refractivity contribution in [3.8, 4) is 0 Å². The molecular formula is C19H20N5Pt+. The van der Waals surface area contributed by atoms with Crippen LogP contribution >= 0.6 is 0 Å². The predicted octanol–water partition coefficient (Wildman–Crippen LogP) is 3.25. The Morgan fingerprint density at radius 2 is 1.28 bits per heavy atom. The van der Waals surface area contributed by atoms with Gasteiger partial charge >= 0.3 is 21.1 Å². The van der Waals surface area contributed by atoms with Gasteiger partial charge in [-0.15, -0.1) is 29.6 Å². The first kappa shape index (κ1) is 19.1. The third-order valence-corrected chi connectivity index (χ3v) is 3.43. The second-order valence-electron chi connectivity index (χ2n) is 5.42. The summed E-state index contributed by atoms with van der Waals surface area (Å²) in [4.78, 5) is 11.9. The van der Waals surface area contributed by atoms with Crippen molar-refractivity contribution in [1.82, 2.24) is 14.8 Å². The topological polar surface area (TPSA) is 25.9 Å². The van der Waals surface area contributed by atoms with Crippen LogP contribution in [0.5, 0.6) is 0 Å². The Morgan fingerprint density at radius 1 is 0.760 bits per heavy atom. The first-order chi connectivity index (χ1) is 11.7. The molecule has 2 aromatic rings. The van der Waals surface area contributed by atoms with E-state index in [0.717, 1.165) is 11.4 Å². The molecule has 25 heavy (non-hydrogen) atoms.